The molecule has 1 aromatic carbocycles. The van der Waals surface area contributed by atoms with Gasteiger partial charge in [-0.15, -0.1) is 0 Å². The molecular weight excluding hydrogens is 245 g/mol. The first-order chi connectivity index (χ1) is 8.66. The van der Waals surface area contributed by atoms with Crippen LogP contribution in [0.3, 0.4) is 0 Å². The van der Waals surface area contributed by atoms with Crippen LogP contribution >= 0.6 is 7.37 Å². The summed E-state index contributed by atoms with van der Waals surface area (Å²) in [5.74, 6) is 0. The minimum atomic E-state index is -3.00. The van der Waals surface area contributed by atoms with Gasteiger partial charge in [0.05, 0.1) is 6.29 Å². The van der Waals surface area contributed by atoms with Crippen molar-refractivity contribution in [3.8, 4) is 0 Å². The Labute approximate surface area is 109 Å². The summed E-state index contributed by atoms with van der Waals surface area (Å²) < 4.78 is 12.2. The first-order valence-corrected chi connectivity index (χ1v) is 8.76. The third-order valence-corrected chi connectivity index (χ3v) is 5.23. The van der Waals surface area contributed by atoms with E-state index >= 15 is 0 Å². The fourth-order valence-corrected chi connectivity index (χ4v) is 4.09. The number of nitrogens with zero attached hydrogens (tertiary/aromatic N) is 1. The molecule has 0 aliphatic carbocycles. The molecule has 1 fully saturated rings. The topological polar surface area (TPSA) is 40.5 Å². The molecule has 3 nitrogen and oxygen atoms in total. The predicted octanol–water partition coefficient (Wildman–Crippen LogP) is 2.94. The fraction of sp³-hybridized carbons (Fsp3) is 0.571. The fourth-order valence-electron chi connectivity index (χ4n) is 2.43. The Morgan fingerprint density at radius 2 is 1.78 bits per heavy atom. The molecule has 0 saturated carbocycles. The van der Waals surface area contributed by atoms with E-state index in [2.05, 4.69) is 4.90 Å². The predicted molar refractivity (Wildman–Crippen MR) is 75.1 cm³/mol. The number of aryl methyl sites for hydroxylation is 1. The quantitative estimate of drug-likeness (QED) is 0.834. The number of likely N-dealkylation sites (tertiary alicyclic amines) is 1. The average molecular weight is 267 g/mol. The summed E-state index contributed by atoms with van der Waals surface area (Å²) in [4.78, 5) is 12.2. The molecular formula is C14H22NO2P. The molecule has 18 heavy (non-hydrogen) atoms. The summed E-state index contributed by atoms with van der Waals surface area (Å²) in [6.45, 7) is 1.96. The van der Waals surface area contributed by atoms with E-state index in [1.165, 1.54) is 19.3 Å². The Morgan fingerprint density at radius 3 is 2.44 bits per heavy atom. The van der Waals surface area contributed by atoms with E-state index in [1.807, 2.05) is 30.3 Å². The van der Waals surface area contributed by atoms with Crippen molar-refractivity contribution in [1.82, 2.24) is 4.90 Å². The Balaban J connectivity index is 1.81. The number of hydrogen-bond acceptors (Lipinski definition) is 2. The molecule has 1 aliphatic heterocycles. The molecule has 0 amide bonds. The van der Waals surface area contributed by atoms with Crippen molar-refractivity contribution in [1.29, 1.82) is 0 Å². The maximum absolute atomic E-state index is 12.2. The maximum atomic E-state index is 12.2. The van der Waals surface area contributed by atoms with Crippen LogP contribution in [0.1, 0.15) is 24.8 Å². The summed E-state index contributed by atoms with van der Waals surface area (Å²) in [5, 5.41) is 0. The largest absolute Gasteiger partial charge is 0.343 e. The van der Waals surface area contributed by atoms with Crippen LogP contribution < -0.4 is 0 Å². The highest BCUT2D eigenvalue weighted by Crippen LogP contribution is 2.42. The molecule has 1 atom stereocenters. The molecule has 1 heterocycles. The van der Waals surface area contributed by atoms with Gasteiger partial charge in [0.15, 0.2) is 0 Å². The van der Waals surface area contributed by atoms with Gasteiger partial charge in [0.1, 0.15) is 0 Å². The first-order valence-electron chi connectivity index (χ1n) is 6.73. The van der Waals surface area contributed by atoms with Crippen LogP contribution in [0.25, 0.3) is 0 Å². The molecule has 2 rings (SSSR count). The van der Waals surface area contributed by atoms with Gasteiger partial charge in [0, 0.05) is 6.16 Å². The molecule has 100 valence electrons. The van der Waals surface area contributed by atoms with Crippen molar-refractivity contribution in [3.63, 3.8) is 0 Å². The van der Waals surface area contributed by atoms with Crippen LogP contribution in [0.5, 0.6) is 0 Å². The lowest BCUT2D eigenvalue weighted by Gasteiger charge is -2.28. The Bertz CT molecular complexity index is 402. The van der Waals surface area contributed by atoms with Gasteiger partial charge in [0.2, 0.25) is 7.37 Å². The average Bonchev–Trinajstić information content (AvgIpc) is 2.38. The molecule has 1 N–H and O–H groups in total. The van der Waals surface area contributed by atoms with Crippen molar-refractivity contribution < 1.29 is 9.46 Å². The highest BCUT2D eigenvalue weighted by Gasteiger charge is 2.23. The summed E-state index contributed by atoms with van der Waals surface area (Å²) in [6, 6.07) is 9.95. The maximum Gasteiger partial charge on any atom is 0.214 e. The van der Waals surface area contributed by atoms with E-state index in [-0.39, 0.29) is 0 Å². The second kappa shape index (κ2) is 6.51. The normalized spacial score (nSPS) is 20.5. The van der Waals surface area contributed by atoms with Gasteiger partial charge in [-0.25, -0.2) is 0 Å². The Morgan fingerprint density at radius 1 is 1.11 bits per heavy atom. The number of hydrogen-bond donors (Lipinski definition) is 1. The molecule has 1 aromatic rings. The van der Waals surface area contributed by atoms with Crippen molar-refractivity contribution >= 4 is 7.37 Å². The second-order valence-electron chi connectivity index (χ2n) is 5.13. The molecule has 1 unspecified atom stereocenters. The van der Waals surface area contributed by atoms with Crippen LogP contribution in [0.4, 0.5) is 0 Å². The lowest BCUT2D eigenvalue weighted by atomic mass is 10.1. The third kappa shape index (κ3) is 4.56. The number of piperidine rings is 1. The van der Waals surface area contributed by atoms with E-state index in [0.29, 0.717) is 18.9 Å². The van der Waals surface area contributed by atoms with Gasteiger partial charge in [0.25, 0.3) is 0 Å². The van der Waals surface area contributed by atoms with Crippen LogP contribution in [0.2, 0.25) is 0 Å². The van der Waals surface area contributed by atoms with Crippen LogP contribution in [-0.2, 0) is 11.0 Å². The van der Waals surface area contributed by atoms with Crippen molar-refractivity contribution in [3.05, 3.63) is 35.9 Å². The summed E-state index contributed by atoms with van der Waals surface area (Å²) in [5.41, 5.74) is 1.14. The van der Waals surface area contributed by atoms with Gasteiger partial charge in [-0.3, -0.25) is 9.46 Å². The first kappa shape index (κ1) is 13.8. The summed E-state index contributed by atoms with van der Waals surface area (Å²) in [7, 11) is -3.00. The van der Waals surface area contributed by atoms with Gasteiger partial charge >= 0.3 is 0 Å². The lowest BCUT2D eigenvalue weighted by Crippen LogP contribution is -2.31. The SMILES string of the molecule is O=P(O)(CCc1ccccc1)CN1CCCCC1. The van der Waals surface area contributed by atoms with Crippen molar-refractivity contribution in [2.24, 2.45) is 0 Å². The van der Waals surface area contributed by atoms with E-state index in [0.717, 1.165) is 18.7 Å². The monoisotopic (exact) mass is 267 g/mol. The minimum absolute atomic E-state index is 0.375. The summed E-state index contributed by atoms with van der Waals surface area (Å²) in [6.07, 6.45) is 5.06. The zero-order chi connectivity index (χ0) is 12.8. The van der Waals surface area contributed by atoms with Gasteiger partial charge < -0.3 is 4.89 Å². The number of benzene rings is 1. The van der Waals surface area contributed by atoms with Crippen molar-refractivity contribution in [2.75, 3.05) is 25.5 Å². The molecule has 4 heteroatoms. The minimum Gasteiger partial charge on any atom is -0.343 e. The molecule has 0 spiro atoms. The lowest BCUT2D eigenvalue weighted by molar-refractivity contribution is 0.253. The van der Waals surface area contributed by atoms with Crippen molar-refractivity contribution in [2.45, 2.75) is 25.7 Å². The molecule has 0 radical (unpaired) electrons. The Kier molecular flexibility index (Phi) is 4.99. The Hall–Kier alpha value is -0.630. The zero-order valence-corrected chi connectivity index (χ0v) is 11.7. The van der Waals surface area contributed by atoms with E-state index in [4.69, 9.17) is 0 Å². The third-order valence-electron chi connectivity index (χ3n) is 3.46. The van der Waals surface area contributed by atoms with Gasteiger partial charge in [-0.2, -0.15) is 0 Å². The van der Waals surface area contributed by atoms with Crippen LogP contribution in [0, 0.1) is 0 Å². The highest BCUT2D eigenvalue weighted by molar-refractivity contribution is 7.57. The number of rotatable bonds is 5. The van der Waals surface area contributed by atoms with Gasteiger partial charge in [-0.1, -0.05) is 36.8 Å². The van der Waals surface area contributed by atoms with Crippen LogP contribution in [-0.4, -0.2) is 35.3 Å². The molecule has 1 saturated heterocycles. The highest BCUT2D eigenvalue weighted by atomic mass is 31.2. The van der Waals surface area contributed by atoms with Gasteiger partial charge in [-0.05, 0) is 37.9 Å². The van der Waals surface area contributed by atoms with Crippen LogP contribution in [0.15, 0.2) is 30.3 Å². The van der Waals surface area contributed by atoms with E-state index in [9.17, 15) is 9.46 Å². The second-order valence-corrected chi connectivity index (χ2v) is 7.55. The summed E-state index contributed by atoms with van der Waals surface area (Å²) >= 11 is 0. The van der Waals surface area contributed by atoms with E-state index in [1.54, 1.807) is 0 Å². The zero-order valence-electron chi connectivity index (χ0n) is 10.8. The molecule has 0 bridgehead atoms. The van der Waals surface area contributed by atoms with E-state index < -0.39 is 7.37 Å². The molecule has 0 aromatic heterocycles. The smallest absolute Gasteiger partial charge is 0.214 e. The molecule has 1 aliphatic rings. The standard InChI is InChI=1S/C14H22NO2P/c16-18(17,13-15-10-5-2-6-11-15)12-9-14-7-3-1-4-8-14/h1,3-4,7-8H,2,5-6,9-13H2,(H,16,17).